The van der Waals surface area contributed by atoms with Crippen molar-refractivity contribution in [1.29, 1.82) is 0 Å². The first-order chi connectivity index (χ1) is 11.9. The van der Waals surface area contributed by atoms with Gasteiger partial charge in [0.25, 0.3) is 5.91 Å². The molecule has 8 heteroatoms. The summed E-state index contributed by atoms with van der Waals surface area (Å²) in [7, 11) is 1.52. The van der Waals surface area contributed by atoms with Gasteiger partial charge in [0.15, 0.2) is 12.4 Å². The Bertz CT molecular complexity index is 796. The van der Waals surface area contributed by atoms with Gasteiger partial charge in [0.1, 0.15) is 5.75 Å². The van der Waals surface area contributed by atoms with Crippen molar-refractivity contribution < 1.29 is 19.1 Å². The second kappa shape index (κ2) is 8.69. The zero-order valence-electron chi connectivity index (χ0n) is 13.6. The number of aryl methyl sites for hydroxylation is 1. The second-order valence-electron chi connectivity index (χ2n) is 5.18. The summed E-state index contributed by atoms with van der Waals surface area (Å²) in [5, 5.41) is 2.99. The summed E-state index contributed by atoms with van der Waals surface area (Å²) in [6.45, 7) is 1.46. The van der Waals surface area contributed by atoms with Gasteiger partial charge in [-0.15, -0.1) is 0 Å². The molecule has 0 aliphatic heterocycles. The number of rotatable bonds is 6. The van der Waals surface area contributed by atoms with Crippen LogP contribution in [-0.4, -0.2) is 30.6 Å². The number of hydrogen-bond acceptors (Lipinski definition) is 5. The molecule has 1 N–H and O–H groups in total. The number of nitrogens with zero attached hydrogens (tertiary/aromatic N) is 1. The van der Waals surface area contributed by atoms with Crippen molar-refractivity contribution in [2.45, 2.75) is 13.3 Å². The van der Waals surface area contributed by atoms with E-state index in [1.54, 1.807) is 6.07 Å². The SMILES string of the molecule is COc1ccc(C)cc1CC(=O)OCC(=O)Nc1ncc(Cl)cc1Cl. The zero-order valence-corrected chi connectivity index (χ0v) is 15.1. The third-order valence-corrected chi connectivity index (χ3v) is 3.70. The Kier molecular flexibility index (Phi) is 6.61. The lowest BCUT2D eigenvalue weighted by molar-refractivity contribution is -0.146. The van der Waals surface area contributed by atoms with Gasteiger partial charge in [-0.2, -0.15) is 0 Å². The molecule has 6 nitrogen and oxygen atoms in total. The molecule has 0 radical (unpaired) electrons. The summed E-state index contributed by atoms with van der Waals surface area (Å²) in [6.07, 6.45) is 1.34. The van der Waals surface area contributed by atoms with Crippen LogP contribution in [0, 0.1) is 6.92 Å². The van der Waals surface area contributed by atoms with Crippen molar-refractivity contribution in [3.63, 3.8) is 0 Å². The van der Waals surface area contributed by atoms with Crippen LogP contribution in [0.1, 0.15) is 11.1 Å². The van der Waals surface area contributed by atoms with Crippen LogP contribution >= 0.6 is 23.2 Å². The Labute approximate surface area is 155 Å². The molecule has 2 rings (SSSR count). The van der Waals surface area contributed by atoms with Crippen LogP contribution in [0.25, 0.3) is 0 Å². The summed E-state index contributed by atoms with van der Waals surface area (Å²) >= 11 is 11.6. The summed E-state index contributed by atoms with van der Waals surface area (Å²) in [4.78, 5) is 27.7. The minimum absolute atomic E-state index is 0.00190. The Morgan fingerprint density at radius 1 is 1.24 bits per heavy atom. The maximum Gasteiger partial charge on any atom is 0.310 e. The lowest BCUT2D eigenvalue weighted by Crippen LogP contribution is -2.22. The number of carbonyl (C=O) groups excluding carboxylic acids is 2. The van der Waals surface area contributed by atoms with Crippen LogP contribution in [0.5, 0.6) is 5.75 Å². The lowest BCUT2D eigenvalue weighted by atomic mass is 10.1. The third-order valence-electron chi connectivity index (χ3n) is 3.20. The van der Waals surface area contributed by atoms with E-state index < -0.39 is 18.5 Å². The zero-order chi connectivity index (χ0) is 18.4. The smallest absolute Gasteiger partial charge is 0.310 e. The lowest BCUT2D eigenvalue weighted by Gasteiger charge is -2.10. The number of anilines is 1. The van der Waals surface area contributed by atoms with E-state index in [0.717, 1.165) is 5.56 Å². The highest BCUT2D eigenvalue weighted by Gasteiger charge is 2.13. The number of pyridine rings is 1. The van der Waals surface area contributed by atoms with Crippen LogP contribution in [0.2, 0.25) is 10.0 Å². The Balaban J connectivity index is 1.89. The molecule has 0 saturated heterocycles. The molecule has 0 saturated carbocycles. The van der Waals surface area contributed by atoms with E-state index in [9.17, 15) is 9.59 Å². The fourth-order valence-corrected chi connectivity index (χ4v) is 2.50. The Hall–Kier alpha value is -2.31. The first-order valence-corrected chi connectivity index (χ1v) is 8.04. The summed E-state index contributed by atoms with van der Waals surface area (Å²) in [6, 6.07) is 6.93. The van der Waals surface area contributed by atoms with Gasteiger partial charge in [-0.25, -0.2) is 4.98 Å². The molecular formula is C17H16Cl2N2O4. The standard InChI is InChI=1S/C17H16Cl2N2O4/c1-10-3-4-14(24-2)11(5-10)6-16(23)25-9-15(22)21-17-13(19)7-12(18)8-20-17/h3-5,7-8H,6,9H2,1-2H3,(H,20,21,22). The van der Waals surface area contributed by atoms with Gasteiger partial charge >= 0.3 is 5.97 Å². The molecule has 1 aromatic carbocycles. The maximum absolute atomic E-state index is 11.9. The third kappa shape index (κ3) is 5.62. The first kappa shape index (κ1) is 19.0. The Morgan fingerprint density at radius 2 is 2.00 bits per heavy atom. The predicted molar refractivity (Wildman–Crippen MR) is 95.3 cm³/mol. The number of esters is 1. The van der Waals surface area contributed by atoms with Crippen molar-refractivity contribution >= 4 is 40.9 Å². The number of ether oxygens (including phenoxy) is 2. The first-order valence-electron chi connectivity index (χ1n) is 7.29. The monoisotopic (exact) mass is 382 g/mol. The summed E-state index contributed by atoms with van der Waals surface area (Å²) in [5.41, 5.74) is 1.68. The van der Waals surface area contributed by atoms with Crippen LogP contribution in [-0.2, 0) is 20.7 Å². The molecule has 0 atom stereocenters. The number of amides is 1. The van der Waals surface area contributed by atoms with Crippen molar-refractivity contribution in [2.24, 2.45) is 0 Å². The van der Waals surface area contributed by atoms with E-state index >= 15 is 0 Å². The molecule has 1 heterocycles. The van der Waals surface area contributed by atoms with Crippen molar-refractivity contribution in [3.8, 4) is 5.75 Å². The highest BCUT2D eigenvalue weighted by Crippen LogP contribution is 2.22. The molecule has 0 fully saturated rings. The quantitative estimate of drug-likeness (QED) is 0.774. The molecule has 0 spiro atoms. The van der Waals surface area contributed by atoms with Gasteiger partial charge in [-0.3, -0.25) is 9.59 Å². The average Bonchev–Trinajstić information content (AvgIpc) is 2.56. The number of methoxy groups -OCH3 is 1. The van der Waals surface area contributed by atoms with Crippen molar-refractivity contribution in [2.75, 3.05) is 19.0 Å². The van der Waals surface area contributed by atoms with Crippen molar-refractivity contribution in [1.82, 2.24) is 4.98 Å². The average molecular weight is 383 g/mol. The molecule has 0 unspecified atom stereocenters. The number of carbonyl (C=O) groups is 2. The van der Waals surface area contributed by atoms with Crippen molar-refractivity contribution in [3.05, 3.63) is 51.6 Å². The highest BCUT2D eigenvalue weighted by molar-refractivity contribution is 6.36. The number of benzene rings is 1. The van der Waals surface area contributed by atoms with Crippen LogP contribution in [0.4, 0.5) is 5.82 Å². The van der Waals surface area contributed by atoms with E-state index in [0.29, 0.717) is 16.3 Å². The van der Waals surface area contributed by atoms with Crippen LogP contribution in [0.15, 0.2) is 30.5 Å². The number of halogens is 2. The predicted octanol–water partition coefficient (Wildman–Crippen LogP) is 3.43. The largest absolute Gasteiger partial charge is 0.496 e. The maximum atomic E-state index is 11.9. The van der Waals surface area contributed by atoms with Gasteiger partial charge in [-0.1, -0.05) is 40.9 Å². The molecular weight excluding hydrogens is 367 g/mol. The molecule has 0 bridgehead atoms. The molecule has 1 aromatic heterocycles. The van der Waals surface area contributed by atoms with E-state index in [2.05, 4.69) is 10.3 Å². The van der Waals surface area contributed by atoms with Gasteiger partial charge in [0.2, 0.25) is 0 Å². The second-order valence-corrected chi connectivity index (χ2v) is 6.03. The number of nitrogens with one attached hydrogen (secondary N) is 1. The number of hydrogen-bond donors (Lipinski definition) is 1. The van der Waals surface area contributed by atoms with E-state index in [1.807, 2.05) is 19.1 Å². The summed E-state index contributed by atoms with van der Waals surface area (Å²) in [5.74, 6) is -0.368. The minimum atomic E-state index is -0.554. The van der Waals surface area contributed by atoms with Gasteiger partial charge < -0.3 is 14.8 Å². The highest BCUT2D eigenvalue weighted by atomic mass is 35.5. The van der Waals surface area contributed by atoms with Crippen LogP contribution in [0.3, 0.4) is 0 Å². The molecule has 25 heavy (non-hydrogen) atoms. The van der Waals surface area contributed by atoms with Gasteiger partial charge in [0, 0.05) is 11.8 Å². The van der Waals surface area contributed by atoms with Crippen LogP contribution < -0.4 is 10.1 Å². The Morgan fingerprint density at radius 3 is 2.68 bits per heavy atom. The van der Waals surface area contributed by atoms with Gasteiger partial charge in [-0.05, 0) is 19.1 Å². The number of aromatic nitrogens is 1. The van der Waals surface area contributed by atoms with E-state index in [-0.39, 0.29) is 17.3 Å². The molecule has 132 valence electrons. The topological polar surface area (TPSA) is 77.5 Å². The van der Waals surface area contributed by atoms with E-state index in [1.165, 1.54) is 19.4 Å². The summed E-state index contributed by atoms with van der Waals surface area (Å²) < 4.78 is 10.2. The molecule has 0 aliphatic carbocycles. The molecule has 2 aromatic rings. The molecule has 0 aliphatic rings. The minimum Gasteiger partial charge on any atom is -0.496 e. The normalized spacial score (nSPS) is 10.2. The fraction of sp³-hybridized carbons (Fsp3) is 0.235. The molecule has 1 amide bonds. The van der Waals surface area contributed by atoms with Gasteiger partial charge in [0.05, 0.1) is 23.6 Å². The van der Waals surface area contributed by atoms with E-state index in [4.69, 9.17) is 32.7 Å². The fourth-order valence-electron chi connectivity index (χ4n) is 2.07.